The van der Waals surface area contributed by atoms with Crippen LogP contribution in [-0.2, 0) is 4.79 Å². The van der Waals surface area contributed by atoms with Gasteiger partial charge in [0.1, 0.15) is 17.2 Å². The second kappa shape index (κ2) is 10.7. The second-order valence-electron chi connectivity index (χ2n) is 6.51. The Hall–Kier alpha value is -3.42. The molecule has 0 aliphatic heterocycles. The number of methoxy groups -OCH3 is 2. The molecule has 3 rings (SSSR count). The topological polar surface area (TPSA) is 85.9 Å². The van der Waals surface area contributed by atoms with Gasteiger partial charge in [0.2, 0.25) is 0 Å². The van der Waals surface area contributed by atoms with Gasteiger partial charge in [-0.1, -0.05) is 41.4 Å². The number of ether oxygens (including phenoxy) is 3. The largest absolute Gasteiger partial charge is 0.494 e. The van der Waals surface area contributed by atoms with E-state index in [-0.39, 0.29) is 12.5 Å². The van der Waals surface area contributed by atoms with Crippen molar-refractivity contribution < 1.29 is 23.8 Å². The lowest BCUT2D eigenvalue weighted by Gasteiger charge is -2.16. The molecule has 2 N–H and O–H groups in total. The Kier molecular flexibility index (Phi) is 7.81. The normalized spacial score (nSPS) is 10.2. The van der Waals surface area contributed by atoms with Crippen LogP contribution in [0.25, 0.3) is 0 Å². The van der Waals surface area contributed by atoms with Crippen LogP contribution in [0, 0.1) is 0 Å². The first-order valence-electron chi connectivity index (χ1n) is 9.40. The lowest BCUT2D eigenvalue weighted by atomic mass is 10.2. The first-order valence-corrected chi connectivity index (χ1v) is 10.2. The lowest BCUT2D eigenvalue weighted by molar-refractivity contribution is -0.118. The molecule has 7 nitrogen and oxygen atoms in total. The number of halogens is 2. The first-order chi connectivity index (χ1) is 15.4. The Morgan fingerprint density at radius 3 is 1.94 bits per heavy atom. The molecule has 0 unspecified atom stereocenters. The van der Waals surface area contributed by atoms with Crippen molar-refractivity contribution >= 4 is 46.4 Å². The van der Waals surface area contributed by atoms with Crippen molar-refractivity contribution in [3.8, 4) is 17.2 Å². The predicted octanol–water partition coefficient (Wildman–Crippen LogP) is 5.28. The van der Waals surface area contributed by atoms with E-state index in [0.717, 1.165) is 0 Å². The third-order valence-electron chi connectivity index (χ3n) is 4.29. The van der Waals surface area contributed by atoms with Crippen LogP contribution < -0.4 is 24.8 Å². The number of amides is 2. The highest BCUT2D eigenvalue weighted by Gasteiger charge is 2.16. The highest BCUT2D eigenvalue weighted by molar-refractivity contribution is 6.34. The molecule has 3 aromatic carbocycles. The van der Waals surface area contributed by atoms with Gasteiger partial charge in [-0.05, 0) is 30.3 Å². The van der Waals surface area contributed by atoms with E-state index in [1.165, 1.54) is 14.2 Å². The molecule has 0 aromatic heterocycles. The Labute approximate surface area is 195 Å². The molecule has 2 amide bonds. The summed E-state index contributed by atoms with van der Waals surface area (Å²) < 4.78 is 16.2. The molecule has 0 bridgehead atoms. The standard InChI is InChI=1S/C23H20Cl2N2O5/c1-30-20-12-19(27-23(29)14-6-4-3-5-7-14)21(31-2)11-18(20)26-22(28)13-32-17-9-15(24)8-16(25)10-17/h3-12H,13H2,1-2H3,(H,26,28)(H,27,29). The Balaban J connectivity index is 1.73. The number of carbonyl (C=O) groups is 2. The van der Waals surface area contributed by atoms with Gasteiger partial charge in [-0.3, -0.25) is 9.59 Å². The Bertz CT molecular complexity index is 1100. The number of carbonyl (C=O) groups excluding carboxylic acids is 2. The minimum atomic E-state index is -0.442. The molecule has 0 fully saturated rings. The van der Waals surface area contributed by atoms with Crippen molar-refractivity contribution in [1.82, 2.24) is 0 Å². The van der Waals surface area contributed by atoms with Crippen molar-refractivity contribution in [3.63, 3.8) is 0 Å². The molecule has 166 valence electrons. The van der Waals surface area contributed by atoms with Gasteiger partial charge in [0.05, 0.1) is 25.6 Å². The van der Waals surface area contributed by atoms with Crippen molar-refractivity contribution in [2.45, 2.75) is 0 Å². The molecule has 9 heteroatoms. The smallest absolute Gasteiger partial charge is 0.262 e. The maximum absolute atomic E-state index is 12.5. The van der Waals surface area contributed by atoms with Gasteiger partial charge in [0, 0.05) is 27.7 Å². The summed E-state index contributed by atoms with van der Waals surface area (Å²) in [6.45, 7) is -0.283. The van der Waals surface area contributed by atoms with Crippen molar-refractivity contribution in [1.29, 1.82) is 0 Å². The van der Waals surface area contributed by atoms with E-state index in [0.29, 0.717) is 44.2 Å². The highest BCUT2D eigenvalue weighted by atomic mass is 35.5. The summed E-state index contributed by atoms with van der Waals surface area (Å²) in [6.07, 6.45) is 0. The summed E-state index contributed by atoms with van der Waals surface area (Å²) in [5.74, 6) is 0.279. The second-order valence-corrected chi connectivity index (χ2v) is 7.39. The van der Waals surface area contributed by atoms with Crippen molar-refractivity contribution in [2.24, 2.45) is 0 Å². The van der Waals surface area contributed by atoms with E-state index < -0.39 is 5.91 Å². The molecule has 0 heterocycles. The fourth-order valence-corrected chi connectivity index (χ4v) is 3.33. The molecule has 0 saturated heterocycles. The predicted molar refractivity (Wildman–Crippen MR) is 125 cm³/mol. The number of nitrogens with one attached hydrogen (secondary N) is 2. The summed E-state index contributed by atoms with van der Waals surface area (Å²) in [7, 11) is 2.91. The molecule has 0 aliphatic rings. The number of rotatable bonds is 8. The molecule has 32 heavy (non-hydrogen) atoms. The van der Waals surface area contributed by atoms with Crippen LogP contribution in [0.4, 0.5) is 11.4 Å². The zero-order chi connectivity index (χ0) is 23.1. The molecule has 0 aliphatic carbocycles. The van der Waals surface area contributed by atoms with Crippen molar-refractivity contribution in [2.75, 3.05) is 31.5 Å². The Morgan fingerprint density at radius 1 is 0.812 bits per heavy atom. The molecule has 0 spiro atoms. The van der Waals surface area contributed by atoms with Gasteiger partial charge >= 0.3 is 0 Å². The van der Waals surface area contributed by atoms with Crippen molar-refractivity contribution in [3.05, 3.63) is 76.3 Å². The lowest BCUT2D eigenvalue weighted by Crippen LogP contribution is -2.21. The van der Waals surface area contributed by atoms with Crippen LogP contribution >= 0.6 is 23.2 Å². The van der Waals surface area contributed by atoms with E-state index in [1.54, 1.807) is 54.6 Å². The SMILES string of the molecule is COc1cc(NC(=O)c2ccccc2)c(OC)cc1NC(=O)COc1cc(Cl)cc(Cl)c1. The minimum absolute atomic E-state index is 0.283. The maximum atomic E-state index is 12.5. The van der Waals surface area contributed by atoms with Gasteiger partial charge in [-0.15, -0.1) is 0 Å². The fourth-order valence-electron chi connectivity index (χ4n) is 2.82. The van der Waals surface area contributed by atoms with Gasteiger partial charge in [-0.25, -0.2) is 0 Å². The number of hydrogen-bond donors (Lipinski definition) is 2. The zero-order valence-corrected chi connectivity index (χ0v) is 18.8. The molecule has 0 saturated carbocycles. The molecule has 3 aromatic rings. The average molecular weight is 475 g/mol. The first kappa shape index (κ1) is 23.2. The quantitative estimate of drug-likeness (QED) is 0.463. The third-order valence-corrected chi connectivity index (χ3v) is 4.72. The van der Waals surface area contributed by atoms with E-state index in [9.17, 15) is 9.59 Å². The van der Waals surface area contributed by atoms with E-state index in [4.69, 9.17) is 37.4 Å². The third kappa shape index (κ3) is 6.06. The van der Waals surface area contributed by atoms with Crippen LogP contribution in [0.2, 0.25) is 10.0 Å². The number of benzene rings is 3. The average Bonchev–Trinajstić information content (AvgIpc) is 2.78. The summed E-state index contributed by atoms with van der Waals surface area (Å²) in [6, 6.07) is 16.5. The highest BCUT2D eigenvalue weighted by Crippen LogP contribution is 2.36. The van der Waals surface area contributed by atoms with Crippen LogP contribution in [0.15, 0.2) is 60.7 Å². The monoisotopic (exact) mass is 474 g/mol. The molecule has 0 atom stereocenters. The van der Waals surface area contributed by atoms with E-state index in [1.807, 2.05) is 6.07 Å². The summed E-state index contributed by atoms with van der Waals surface area (Å²) >= 11 is 11.9. The van der Waals surface area contributed by atoms with Crippen LogP contribution in [0.5, 0.6) is 17.2 Å². The van der Waals surface area contributed by atoms with Gasteiger partial charge < -0.3 is 24.8 Å². The maximum Gasteiger partial charge on any atom is 0.262 e. The van der Waals surface area contributed by atoms with Gasteiger partial charge in [0.15, 0.2) is 6.61 Å². The van der Waals surface area contributed by atoms with Crippen LogP contribution in [-0.4, -0.2) is 32.6 Å². The fraction of sp³-hybridized carbons (Fsp3) is 0.130. The Morgan fingerprint density at radius 2 is 1.38 bits per heavy atom. The number of anilines is 2. The van der Waals surface area contributed by atoms with Gasteiger partial charge in [-0.2, -0.15) is 0 Å². The zero-order valence-electron chi connectivity index (χ0n) is 17.3. The summed E-state index contributed by atoms with van der Waals surface area (Å²) in [5, 5.41) is 6.28. The van der Waals surface area contributed by atoms with E-state index >= 15 is 0 Å². The number of hydrogen-bond acceptors (Lipinski definition) is 5. The summed E-state index contributed by atoms with van der Waals surface area (Å²) in [5.41, 5.74) is 1.23. The summed E-state index contributed by atoms with van der Waals surface area (Å²) in [4.78, 5) is 24.9. The molecular weight excluding hydrogens is 455 g/mol. The minimum Gasteiger partial charge on any atom is -0.494 e. The van der Waals surface area contributed by atoms with Crippen LogP contribution in [0.1, 0.15) is 10.4 Å². The molecule has 0 radical (unpaired) electrons. The van der Waals surface area contributed by atoms with Gasteiger partial charge in [0.25, 0.3) is 11.8 Å². The molecular formula is C23H20Cl2N2O5. The van der Waals surface area contributed by atoms with Crippen LogP contribution in [0.3, 0.4) is 0 Å². The van der Waals surface area contributed by atoms with E-state index in [2.05, 4.69) is 10.6 Å².